The van der Waals surface area contributed by atoms with E-state index in [1.807, 2.05) is 44.2 Å². The van der Waals surface area contributed by atoms with Gasteiger partial charge in [0.15, 0.2) is 0 Å². The summed E-state index contributed by atoms with van der Waals surface area (Å²) in [5.74, 6) is 0.471. The minimum absolute atomic E-state index is 0.0183. The third-order valence-electron chi connectivity index (χ3n) is 4.72. The summed E-state index contributed by atoms with van der Waals surface area (Å²) in [6.45, 7) is 5.43. The van der Waals surface area contributed by atoms with Crippen LogP contribution in [0.4, 0.5) is 0 Å². The van der Waals surface area contributed by atoms with E-state index >= 15 is 0 Å². The Morgan fingerprint density at radius 3 is 2.50 bits per heavy atom. The van der Waals surface area contributed by atoms with Crippen molar-refractivity contribution in [1.29, 1.82) is 0 Å². The average Bonchev–Trinajstić information content (AvgIpc) is 3.09. The van der Waals surface area contributed by atoms with Gasteiger partial charge in [-0.25, -0.2) is 0 Å². The molecule has 0 fully saturated rings. The lowest BCUT2D eigenvalue weighted by Crippen LogP contribution is -2.34. The van der Waals surface area contributed by atoms with E-state index in [1.54, 1.807) is 34.9 Å². The number of ketones is 1. The van der Waals surface area contributed by atoms with E-state index in [0.29, 0.717) is 41.0 Å². The summed E-state index contributed by atoms with van der Waals surface area (Å²) in [4.78, 5) is 27.5. The molecule has 28 heavy (non-hydrogen) atoms. The molecule has 0 aliphatic carbocycles. The molecule has 0 saturated heterocycles. The lowest BCUT2D eigenvalue weighted by molar-refractivity contribution is -0.131. The zero-order chi connectivity index (χ0) is 20.1. The lowest BCUT2D eigenvalue weighted by atomic mass is 10.1. The number of benzene rings is 2. The number of hydrogen-bond donors (Lipinski definition) is 0. The number of nitrogens with zero attached hydrogens (tertiary/aromatic N) is 3. The molecule has 3 aromatic rings. The number of carbonyl (C=O) groups is 2. The first-order valence-corrected chi connectivity index (χ1v) is 9.51. The number of likely N-dealkylation sites (N-methyl/N-ethyl adjacent to an activating group) is 1. The van der Waals surface area contributed by atoms with E-state index in [1.165, 1.54) is 0 Å². The van der Waals surface area contributed by atoms with E-state index in [-0.39, 0.29) is 18.2 Å². The second kappa shape index (κ2) is 8.69. The average molecular weight is 379 g/mol. The standard InChI is InChI=1S/C22H25N3O3/c1-4-13-24(5-2)20(26)15-25-19-14-17(28-3)11-12-18(19)21(23-25)22(27)16-9-7-6-8-10-16/h6-12,14H,4-5,13,15H2,1-3H3. The van der Waals surface area contributed by atoms with Crippen LogP contribution in [0, 0.1) is 0 Å². The van der Waals surface area contributed by atoms with E-state index in [9.17, 15) is 9.59 Å². The van der Waals surface area contributed by atoms with Crippen molar-refractivity contribution in [2.75, 3.05) is 20.2 Å². The van der Waals surface area contributed by atoms with E-state index in [0.717, 1.165) is 6.42 Å². The van der Waals surface area contributed by atoms with Gasteiger partial charge in [0.25, 0.3) is 0 Å². The molecule has 0 aliphatic rings. The molecule has 146 valence electrons. The molecule has 6 nitrogen and oxygen atoms in total. The van der Waals surface area contributed by atoms with E-state index < -0.39 is 0 Å². The van der Waals surface area contributed by atoms with Crippen molar-refractivity contribution < 1.29 is 14.3 Å². The van der Waals surface area contributed by atoms with Crippen LogP contribution in [-0.4, -0.2) is 46.6 Å². The fourth-order valence-electron chi connectivity index (χ4n) is 3.25. The predicted molar refractivity (Wildman–Crippen MR) is 109 cm³/mol. The van der Waals surface area contributed by atoms with Crippen molar-refractivity contribution in [3.63, 3.8) is 0 Å². The summed E-state index contributed by atoms with van der Waals surface area (Å²) in [6.07, 6.45) is 0.894. The minimum Gasteiger partial charge on any atom is -0.497 e. The van der Waals surface area contributed by atoms with Crippen molar-refractivity contribution in [2.24, 2.45) is 0 Å². The third kappa shape index (κ3) is 3.91. The van der Waals surface area contributed by atoms with E-state index in [2.05, 4.69) is 5.10 Å². The van der Waals surface area contributed by atoms with Crippen LogP contribution in [0.3, 0.4) is 0 Å². The largest absolute Gasteiger partial charge is 0.497 e. The Bertz CT molecular complexity index is 979. The molecule has 0 bridgehead atoms. The monoisotopic (exact) mass is 379 g/mol. The number of methoxy groups -OCH3 is 1. The molecule has 0 saturated carbocycles. The summed E-state index contributed by atoms with van der Waals surface area (Å²) in [6, 6.07) is 14.5. The van der Waals surface area contributed by atoms with Gasteiger partial charge in [0.2, 0.25) is 11.7 Å². The normalized spacial score (nSPS) is 10.8. The molecule has 2 aromatic carbocycles. The molecular weight excluding hydrogens is 354 g/mol. The Labute approximate surface area is 164 Å². The Morgan fingerprint density at radius 2 is 1.86 bits per heavy atom. The van der Waals surface area contributed by atoms with Crippen LogP contribution in [0.15, 0.2) is 48.5 Å². The fraction of sp³-hybridized carbons (Fsp3) is 0.318. The summed E-state index contributed by atoms with van der Waals surface area (Å²) < 4.78 is 6.93. The number of fused-ring (bicyclic) bond motifs is 1. The van der Waals surface area contributed by atoms with Crippen LogP contribution in [0.5, 0.6) is 5.75 Å². The SMILES string of the molecule is CCCN(CC)C(=O)Cn1nc(C(=O)c2ccccc2)c2ccc(OC)cc21. The topological polar surface area (TPSA) is 64.4 Å². The molecule has 0 aliphatic heterocycles. The first-order chi connectivity index (χ1) is 13.6. The highest BCUT2D eigenvalue weighted by Crippen LogP contribution is 2.25. The smallest absolute Gasteiger partial charge is 0.244 e. The van der Waals surface area contributed by atoms with Crippen LogP contribution < -0.4 is 4.74 Å². The van der Waals surface area contributed by atoms with Crippen LogP contribution in [-0.2, 0) is 11.3 Å². The second-order valence-corrected chi connectivity index (χ2v) is 6.56. The van der Waals surface area contributed by atoms with E-state index in [4.69, 9.17) is 4.74 Å². The molecule has 1 heterocycles. The Hall–Kier alpha value is -3.15. The maximum absolute atomic E-state index is 13.0. The summed E-state index contributed by atoms with van der Waals surface area (Å²) >= 11 is 0. The number of rotatable bonds is 8. The number of aromatic nitrogens is 2. The molecule has 1 aromatic heterocycles. The second-order valence-electron chi connectivity index (χ2n) is 6.56. The summed E-state index contributed by atoms with van der Waals surface area (Å²) in [5.41, 5.74) is 1.62. The Morgan fingerprint density at radius 1 is 1.11 bits per heavy atom. The first-order valence-electron chi connectivity index (χ1n) is 9.51. The van der Waals surface area contributed by atoms with Crippen LogP contribution >= 0.6 is 0 Å². The molecule has 3 rings (SSSR count). The lowest BCUT2D eigenvalue weighted by Gasteiger charge is -2.20. The minimum atomic E-state index is -0.164. The highest BCUT2D eigenvalue weighted by Gasteiger charge is 2.21. The Balaban J connectivity index is 2.04. The maximum atomic E-state index is 13.0. The van der Waals surface area contributed by atoms with Gasteiger partial charge in [-0.15, -0.1) is 0 Å². The highest BCUT2D eigenvalue weighted by molar-refractivity contribution is 6.15. The quantitative estimate of drug-likeness (QED) is 0.562. The van der Waals surface area contributed by atoms with Crippen molar-refractivity contribution in [2.45, 2.75) is 26.8 Å². The first kappa shape index (κ1) is 19.6. The van der Waals surface area contributed by atoms with Crippen molar-refractivity contribution in [3.05, 3.63) is 59.8 Å². The van der Waals surface area contributed by atoms with Crippen molar-refractivity contribution in [3.8, 4) is 5.75 Å². The molecule has 1 amide bonds. The zero-order valence-corrected chi connectivity index (χ0v) is 16.5. The third-order valence-corrected chi connectivity index (χ3v) is 4.72. The van der Waals surface area contributed by atoms with Gasteiger partial charge in [0.05, 0.1) is 12.6 Å². The molecule has 0 unspecified atom stereocenters. The fourth-order valence-corrected chi connectivity index (χ4v) is 3.25. The van der Waals surface area contributed by atoms with Gasteiger partial charge in [-0.05, 0) is 25.5 Å². The summed E-state index contributed by atoms with van der Waals surface area (Å²) in [5, 5.41) is 5.23. The molecular formula is C22H25N3O3. The van der Waals surface area contributed by atoms with Gasteiger partial charge in [-0.2, -0.15) is 5.10 Å². The van der Waals surface area contributed by atoms with Crippen LogP contribution in [0.2, 0.25) is 0 Å². The van der Waals surface area contributed by atoms with Crippen LogP contribution in [0.1, 0.15) is 36.3 Å². The van der Waals surface area contributed by atoms with Gasteiger partial charge < -0.3 is 9.64 Å². The molecule has 0 spiro atoms. The molecule has 6 heteroatoms. The van der Waals surface area contributed by atoms with Crippen LogP contribution in [0.25, 0.3) is 10.9 Å². The highest BCUT2D eigenvalue weighted by atomic mass is 16.5. The molecule has 0 radical (unpaired) electrons. The van der Waals surface area contributed by atoms with Gasteiger partial charge >= 0.3 is 0 Å². The summed E-state index contributed by atoms with van der Waals surface area (Å²) in [7, 11) is 1.59. The van der Waals surface area contributed by atoms with Gasteiger partial charge in [0.1, 0.15) is 18.0 Å². The van der Waals surface area contributed by atoms with Gasteiger partial charge in [-0.1, -0.05) is 37.3 Å². The number of hydrogen-bond acceptors (Lipinski definition) is 4. The zero-order valence-electron chi connectivity index (χ0n) is 16.5. The predicted octanol–water partition coefficient (Wildman–Crippen LogP) is 3.53. The van der Waals surface area contributed by atoms with Crippen molar-refractivity contribution in [1.82, 2.24) is 14.7 Å². The number of ether oxygens (including phenoxy) is 1. The molecule has 0 N–H and O–H groups in total. The number of amides is 1. The Kier molecular flexibility index (Phi) is 6.09. The van der Waals surface area contributed by atoms with Gasteiger partial charge in [-0.3, -0.25) is 14.3 Å². The molecule has 0 atom stereocenters. The maximum Gasteiger partial charge on any atom is 0.244 e. The van der Waals surface area contributed by atoms with Gasteiger partial charge in [0, 0.05) is 30.1 Å². The van der Waals surface area contributed by atoms with Crippen molar-refractivity contribution >= 4 is 22.6 Å². The number of carbonyl (C=O) groups excluding carboxylic acids is 2.